The van der Waals surface area contributed by atoms with Crippen molar-refractivity contribution >= 4 is 17.5 Å². The first kappa shape index (κ1) is 9.98. The predicted molar refractivity (Wildman–Crippen MR) is 47.3 cm³/mol. The average Bonchev–Trinajstić information content (AvgIpc) is 2.03. The van der Waals surface area contributed by atoms with Crippen molar-refractivity contribution in [3.8, 4) is 0 Å². The number of halogens is 1. The molecule has 0 heterocycles. The molecule has 0 aromatic heterocycles. The first-order valence-corrected chi connectivity index (χ1v) is 3.59. The number of rotatable bonds is 4. The average molecular weight is 172 g/mol. The second-order valence-corrected chi connectivity index (χ2v) is 2.01. The molecule has 0 aliphatic rings. The van der Waals surface area contributed by atoms with Gasteiger partial charge in [-0.25, -0.2) is 0 Å². The van der Waals surface area contributed by atoms with Crippen molar-refractivity contribution in [3.63, 3.8) is 0 Å². The zero-order valence-electron chi connectivity index (χ0n) is 6.14. The number of alkyl halides is 1. The molecule has 0 aromatic carbocycles. The van der Waals surface area contributed by atoms with E-state index in [1.54, 1.807) is 12.2 Å². The highest BCUT2D eigenvalue weighted by Crippen LogP contribution is 1.90. The van der Waals surface area contributed by atoms with Gasteiger partial charge in [-0.15, -0.1) is 11.6 Å². The van der Waals surface area contributed by atoms with Gasteiger partial charge in [0.15, 0.2) is 0 Å². The molecule has 60 valence electrons. The number of carbonyl (C=O) groups excluding carboxylic acids is 1. The molecule has 0 radical (unpaired) electrons. The van der Waals surface area contributed by atoms with Gasteiger partial charge in [0.05, 0.1) is 0 Å². The Morgan fingerprint density at radius 2 is 2.18 bits per heavy atom. The van der Waals surface area contributed by atoms with E-state index in [1.807, 2.05) is 0 Å². The summed E-state index contributed by atoms with van der Waals surface area (Å²) in [6.45, 7) is 6.97. The summed E-state index contributed by atoms with van der Waals surface area (Å²) in [4.78, 5) is 10.7. The molecule has 0 aliphatic heterocycles. The Bertz CT molecular complexity index is 196. The fourth-order valence-corrected chi connectivity index (χ4v) is 0.549. The van der Waals surface area contributed by atoms with Crippen molar-refractivity contribution in [1.29, 1.82) is 0 Å². The molecule has 11 heavy (non-hydrogen) atoms. The Hall–Kier alpha value is -1.02. The maximum atomic E-state index is 10.7. The monoisotopic (exact) mass is 171 g/mol. The van der Waals surface area contributed by atoms with Gasteiger partial charge in [0.2, 0.25) is 5.91 Å². The standard InChI is InChI=1S/C8H10ClNO/c1-3-5-7(4-2)10-8(11)6-9/h3-5H,1-2,6H2,(H,10,11)/b7-5+. The third-order valence-corrected chi connectivity index (χ3v) is 1.17. The predicted octanol–water partition coefficient (Wildman–Crippen LogP) is 1.60. The summed E-state index contributed by atoms with van der Waals surface area (Å²) in [7, 11) is 0. The van der Waals surface area contributed by atoms with Crippen molar-refractivity contribution in [3.05, 3.63) is 37.1 Å². The first-order chi connectivity index (χ1) is 5.24. The van der Waals surface area contributed by atoms with Crippen LogP contribution < -0.4 is 5.32 Å². The van der Waals surface area contributed by atoms with Gasteiger partial charge >= 0.3 is 0 Å². The molecule has 0 saturated carbocycles. The smallest absolute Gasteiger partial charge is 0.239 e. The number of nitrogens with one attached hydrogen (secondary N) is 1. The van der Waals surface area contributed by atoms with Crippen LogP contribution in [0.15, 0.2) is 37.1 Å². The molecule has 2 nitrogen and oxygen atoms in total. The number of hydrogen-bond acceptors (Lipinski definition) is 1. The van der Waals surface area contributed by atoms with Gasteiger partial charge in [0.25, 0.3) is 0 Å². The van der Waals surface area contributed by atoms with Gasteiger partial charge in [0, 0.05) is 5.70 Å². The summed E-state index contributed by atoms with van der Waals surface area (Å²) in [6, 6.07) is 0. The molecule has 1 N–H and O–H groups in total. The minimum atomic E-state index is -0.250. The first-order valence-electron chi connectivity index (χ1n) is 3.05. The van der Waals surface area contributed by atoms with Gasteiger partial charge < -0.3 is 5.32 Å². The zero-order valence-corrected chi connectivity index (χ0v) is 6.90. The summed E-state index contributed by atoms with van der Waals surface area (Å²) in [5, 5.41) is 2.52. The minimum absolute atomic E-state index is 0.0533. The molecule has 0 fully saturated rings. The maximum absolute atomic E-state index is 10.7. The lowest BCUT2D eigenvalue weighted by Gasteiger charge is -2.00. The summed E-state index contributed by atoms with van der Waals surface area (Å²) >= 11 is 5.25. The number of carbonyl (C=O) groups is 1. The van der Waals surface area contributed by atoms with Crippen LogP contribution in [-0.2, 0) is 4.79 Å². The Labute approximate surface area is 71.2 Å². The lowest BCUT2D eigenvalue weighted by molar-refractivity contribution is -0.117. The second-order valence-electron chi connectivity index (χ2n) is 1.74. The van der Waals surface area contributed by atoms with Crippen LogP contribution in [0.3, 0.4) is 0 Å². The molecule has 0 rings (SSSR count). The molecular weight excluding hydrogens is 162 g/mol. The Morgan fingerprint density at radius 3 is 2.55 bits per heavy atom. The fraction of sp³-hybridized carbons (Fsp3) is 0.125. The van der Waals surface area contributed by atoms with Crippen LogP contribution >= 0.6 is 11.6 Å². The van der Waals surface area contributed by atoms with Crippen molar-refractivity contribution in [2.24, 2.45) is 0 Å². The van der Waals surface area contributed by atoms with Gasteiger partial charge in [-0.1, -0.05) is 19.2 Å². The second kappa shape index (κ2) is 5.74. The van der Waals surface area contributed by atoms with Crippen molar-refractivity contribution in [1.82, 2.24) is 5.32 Å². The van der Waals surface area contributed by atoms with E-state index >= 15 is 0 Å². The quantitative estimate of drug-likeness (QED) is 0.505. The number of amides is 1. The van der Waals surface area contributed by atoms with E-state index in [-0.39, 0.29) is 11.8 Å². The molecular formula is C8H10ClNO. The molecule has 0 spiro atoms. The molecule has 0 unspecified atom stereocenters. The summed E-state index contributed by atoms with van der Waals surface area (Å²) in [5.41, 5.74) is 0.602. The van der Waals surface area contributed by atoms with Crippen LogP contribution in [0.1, 0.15) is 0 Å². The van der Waals surface area contributed by atoms with Gasteiger partial charge in [-0.2, -0.15) is 0 Å². The van der Waals surface area contributed by atoms with Crippen LogP contribution in [-0.4, -0.2) is 11.8 Å². The number of allylic oxidation sites excluding steroid dienone is 3. The molecule has 0 saturated heterocycles. The summed E-state index contributed by atoms with van der Waals surface area (Å²) in [5.74, 6) is -0.304. The van der Waals surface area contributed by atoms with Crippen LogP contribution in [0.2, 0.25) is 0 Å². The van der Waals surface area contributed by atoms with Gasteiger partial charge in [-0.3, -0.25) is 4.79 Å². The summed E-state index contributed by atoms with van der Waals surface area (Å²) in [6.07, 6.45) is 4.72. The highest BCUT2D eigenvalue weighted by molar-refractivity contribution is 6.27. The largest absolute Gasteiger partial charge is 0.325 e. The molecule has 0 atom stereocenters. The van der Waals surface area contributed by atoms with Crippen molar-refractivity contribution in [2.75, 3.05) is 5.88 Å². The van der Waals surface area contributed by atoms with Crippen LogP contribution in [0.5, 0.6) is 0 Å². The minimum Gasteiger partial charge on any atom is -0.325 e. The molecule has 0 aromatic rings. The Balaban J connectivity index is 4.08. The Morgan fingerprint density at radius 1 is 1.55 bits per heavy atom. The fourth-order valence-electron chi connectivity index (χ4n) is 0.482. The van der Waals surface area contributed by atoms with E-state index < -0.39 is 0 Å². The van der Waals surface area contributed by atoms with Gasteiger partial charge in [-0.05, 0) is 12.2 Å². The molecule has 0 aliphatic carbocycles. The molecule has 1 amide bonds. The maximum Gasteiger partial charge on any atom is 0.239 e. The van der Waals surface area contributed by atoms with E-state index in [4.69, 9.17) is 11.6 Å². The highest BCUT2D eigenvalue weighted by Gasteiger charge is 1.97. The summed E-state index contributed by atoms with van der Waals surface area (Å²) < 4.78 is 0. The van der Waals surface area contributed by atoms with E-state index in [0.717, 1.165) is 0 Å². The van der Waals surface area contributed by atoms with Crippen LogP contribution in [0, 0.1) is 0 Å². The molecule has 0 bridgehead atoms. The lowest BCUT2D eigenvalue weighted by atomic mass is 10.4. The Kier molecular flexibility index (Phi) is 5.21. The van der Waals surface area contributed by atoms with Crippen LogP contribution in [0.4, 0.5) is 0 Å². The van der Waals surface area contributed by atoms with Gasteiger partial charge in [0.1, 0.15) is 5.88 Å². The number of hydrogen-bond donors (Lipinski definition) is 1. The van der Waals surface area contributed by atoms with Crippen LogP contribution in [0.25, 0.3) is 0 Å². The SMILES string of the molecule is C=C/C=C(\C=C)NC(=O)CCl. The topological polar surface area (TPSA) is 29.1 Å². The van der Waals surface area contributed by atoms with E-state index in [0.29, 0.717) is 5.70 Å². The van der Waals surface area contributed by atoms with E-state index in [1.165, 1.54) is 6.08 Å². The third-order valence-electron chi connectivity index (χ3n) is 0.922. The van der Waals surface area contributed by atoms with Crippen molar-refractivity contribution < 1.29 is 4.79 Å². The normalized spacial score (nSPS) is 10.5. The third kappa shape index (κ3) is 4.39. The zero-order chi connectivity index (χ0) is 8.69. The van der Waals surface area contributed by atoms with E-state index in [2.05, 4.69) is 18.5 Å². The van der Waals surface area contributed by atoms with Crippen molar-refractivity contribution in [2.45, 2.75) is 0 Å². The molecule has 3 heteroatoms. The lowest BCUT2D eigenvalue weighted by Crippen LogP contribution is -2.22. The highest BCUT2D eigenvalue weighted by atomic mass is 35.5. The van der Waals surface area contributed by atoms with E-state index in [9.17, 15) is 4.79 Å².